The van der Waals surface area contributed by atoms with E-state index in [-0.39, 0.29) is 18.1 Å². The Morgan fingerprint density at radius 3 is 2.96 bits per heavy atom. The monoisotopic (exact) mass is 349 g/mol. The van der Waals surface area contributed by atoms with Crippen LogP contribution < -0.4 is 0 Å². The van der Waals surface area contributed by atoms with Gasteiger partial charge in [0, 0.05) is 10.9 Å². The molecule has 2 unspecified atom stereocenters. The molecule has 0 saturated carbocycles. The summed E-state index contributed by atoms with van der Waals surface area (Å²) >= 11 is 0. The second-order valence-corrected chi connectivity index (χ2v) is 6.72. The molecule has 0 bridgehead atoms. The van der Waals surface area contributed by atoms with Gasteiger partial charge in [-0.3, -0.25) is 0 Å². The molecule has 1 aliphatic carbocycles. The number of benzene rings is 1. The van der Waals surface area contributed by atoms with Gasteiger partial charge in [0.1, 0.15) is 5.58 Å². The Balaban J connectivity index is 1.59. The molecule has 0 amide bonds. The zero-order valence-corrected chi connectivity index (χ0v) is 14.7. The van der Waals surface area contributed by atoms with Gasteiger partial charge < -0.3 is 13.7 Å². The van der Waals surface area contributed by atoms with Crippen LogP contribution in [0.15, 0.2) is 51.1 Å². The van der Waals surface area contributed by atoms with Crippen LogP contribution in [-0.2, 0) is 4.74 Å². The zero-order chi connectivity index (χ0) is 18.1. The summed E-state index contributed by atoms with van der Waals surface area (Å²) in [6, 6.07) is 9.92. The van der Waals surface area contributed by atoms with E-state index >= 15 is 0 Å². The number of furan rings is 1. The van der Waals surface area contributed by atoms with E-state index in [2.05, 4.69) is 16.2 Å². The summed E-state index contributed by atoms with van der Waals surface area (Å²) in [5.41, 5.74) is 2.33. The molecule has 4 rings (SSSR count). The molecule has 2 heterocycles. The number of allylic oxidation sites excluding steroid dienone is 1. The van der Waals surface area contributed by atoms with Crippen molar-refractivity contribution in [2.75, 3.05) is 0 Å². The number of nitriles is 1. The summed E-state index contributed by atoms with van der Waals surface area (Å²) in [5, 5.41) is 14.5. The minimum absolute atomic E-state index is 0.0597. The molecule has 3 aromatic rings. The van der Waals surface area contributed by atoms with Crippen LogP contribution in [0.4, 0.5) is 0 Å². The van der Waals surface area contributed by atoms with Crippen molar-refractivity contribution in [1.29, 1.82) is 5.26 Å². The van der Waals surface area contributed by atoms with E-state index in [4.69, 9.17) is 13.7 Å². The van der Waals surface area contributed by atoms with Gasteiger partial charge >= 0.3 is 0 Å². The predicted molar refractivity (Wildman–Crippen MR) is 95.2 cm³/mol. The molecule has 0 saturated heterocycles. The number of nitrogens with zero attached hydrogens (tertiary/aromatic N) is 3. The minimum atomic E-state index is -0.151. The lowest BCUT2D eigenvalue weighted by Crippen LogP contribution is -2.24. The highest BCUT2D eigenvalue weighted by Gasteiger charge is 2.28. The van der Waals surface area contributed by atoms with Gasteiger partial charge in [-0.25, -0.2) is 0 Å². The second kappa shape index (κ2) is 6.77. The van der Waals surface area contributed by atoms with Crippen LogP contribution >= 0.6 is 0 Å². The predicted octanol–water partition coefficient (Wildman–Crippen LogP) is 4.60. The molecule has 1 aliphatic rings. The van der Waals surface area contributed by atoms with E-state index in [0.717, 1.165) is 29.4 Å². The van der Waals surface area contributed by atoms with Gasteiger partial charge in [-0.1, -0.05) is 11.2 Å². The molecule has 26 heavy (non-hydrogen) atoms. The van der Waals surface area contributed by atoms with E-state index in [9.17, 15) is 5.26 Å². The maximum Gasteiger partial charge on any atom is 0.233 e. The summed E-state index contributed by atoms with van der Waals surface area (Å²) in [6.45, 7) is 3.95. The first-order valence-corrected chi connectivity index (χ1v) is 8.72. The van der Waals surface area contributed by atoms with E-state index in [1.54, 1.807) is 6.26 Å². The molecule has 0 radical (unpaired) electrons. The van der Waals surface area contributed by atoms with E-state index < -0.39 is 0 Å². The number of hydrogen-bond donors (Lipinski definition) is 0. The first-order valence-electron chi connectivity index (χ1n) is 8.72. The normalized spacial score (nSPS) is 20.3. The fourth-order valence-electron chi connectivity index (χ4n) is 3.28. The van der Waals surface area contributed by atoms with E-state index in [1.807, 2.05) is 44.2 Å². The molecular weight excluding hydrogens is 330 g/mol. The first-order chi connectivity index (χ1) is 12.6. The van der Waals surface area contributed by atoms with Crippen LogP contribution in [0.3, 0.4) is 0 Å². The average molecular weight is 349 g/mol. The zero-order valence-electron chi connectivity index (χ0n) is 14.7. The number of rotatable bonds is 4. The average Bonchev–Trinajstić information content (AvgIpc) is 3.30. The molecule has 2 aromatic heterocycles. The van der Waals surface area contributed by atoms with E-state index in [1.165, 1.54) is 0 Å². The van der Waals surface area contributed by atoms with Gasteiger partial charge in [0.25, 0.3) is 0 Å². The summed E-state index contributed by atoms with van der Waals surface area (Å²) in [6.07, 6.45) is 5.06. The van der Waals surface area contributed by atoms with Crippen molar-refractivity contribution in [2.45, 2.75) is 44.8 Å². The molecule has 0 N–H and O–H groups in total. The third kappa shape index (κ3) is 3.14. The number of fused-ring (bicyclic) bond motifs is 1. The van der Waals surface area contributed by atoms with Crippen LogP contribution in [0.2, 0.25) is 0 Å². The lowest BCUT2D eigenvalue weighted by atomic mass is 9.88. The standard InChI is InChI=1S/C20H19N3O3/c1-12(2)25-18-6-4-15(10-16(18)11-21)20-22-19(23-26-20)14-3-5-17-13(9-14)7-8-24-17/h3,5,7-10,12,15,18H,4,6H2,1-2H3. The maximum atomic E-state index is 9.43. The molecule has 6 heteroatoms. The Kier molecular flexibility index (Phi) is 4.31. The number of ether oxygens (including phenoxy) is 1. The topological polar surface area (TPSA) is 85.1 Å². The third-order valence-electron chi connectivity index (χ3n) is 4.50. The van der Waals surface area contributed by atoms with Crippen LogP contribution in [0.5, 0.6) is 0 Å². The van der Waals surface area contributed by atoms with Crippen molar-refractivity contribution in [1.82, 2.24) is 10.1 Å². The first kappa shape index (κ1) is 16.6. The highest BCUT2D eigenvalue weighted by Crippen LogP contribution is 2.33. The molecule has 0 fully saturated rings. The van der Waals surface area contributed by atoms with Crippen LogP contribution in [0.1, 0.15) is 38.5 Å². The maximum absolute atomic E-state index is 9.43. The van der Waals surface area contributed by atoms with Gasteiger partial charge in [-0.05, 0) is 51.0 Å². The van der Waals surface area contributed by atoms with E-state index in [0.29, 0.717) is 17.3 Å². The molecule has 0 aliphatic heterocycles. The van der Waals surface area contributed by atoms with Crippen molar-refractivity contribution in [3.05, 3.63) is 48.1 Å². The second-order valence-electron chi connectivity index (χ2n) is 6.72. The molecule has 132 valence electrons. The Hall–Kier alpha value is -2.91. The van der Waals surface area contributed by atoms with Crippen molar-refractivity contribution in [3.63, 3.8) is 0 Å². The Bertz CT molecular complexity index is 993. The van der Waals surface area contributed by atoms with Gasteiger partial charge in [0.05, 0.1) is 36.0 Å². The molecular formula is C20H19N3O3. The van der Waals surface area contributed by atoms with Crippen LogP contribution in [-0.4, -0.2) is 22.3 Å². The van der Waals surface area contributed by atoms with Crippen molar-refractivity contribution in [3.8, 4) is 17.5 Å². The summed E-state index contributed by atoms with van der Waals surface area (Å²) in [5.74, 6) is 1.01. The van der Waals surface area contributed by atoms with Crippen molar-refractivity contribution in [2.24, 2.45) is 0 Å². The molecule has 6 nitrogen and oxygen atoms in total. The largest absolute Gasteiger partial charge is 0.464 e. The van der Waals surface area contributed by atoms with Gasteiger partial charge in [0.2, 0.25) is 11.7 Å². The Morgan fingerprint density at radius 2 is 2.15 bits per heavy atom. The van der Waals surface area contributed by atoms with Crippen LogP contribution in [0, 0.1) is 11.3 Å². The minimum Gasteiger partial charge on any atom is -0.464 e. The van der Waals surface area contributed by atoms with Crippen molar-refractivity contribution < 1.29 is 13.7 Å². The molecule has 1 aromatic carbocycles. The lowest BCUT2D eigenvalue weighted by Gasteiger charge is -2.25. The summed E-state index contributed by atoms with van der Waals surface area (Å²) < 4.78 is 16.7. The Morgan fingerprint density at radius 1 is 1.27 bits per heavy atom. The summed E-state index contributed by atoms with van der Waals surface area (Å²) in [4.78, 5) is 4.55. The fraction of sp³-hybridized carbons (Fsp3) is 0.350. The SMILES string of the molecule is CC(C)OC1CCC(c2nc(-c3ccc4occc4c3)no2)C=C1C#N. The van der Waals surface area contributed by atoms with Gasteiger partial charge in [-0.15, -0.1) is 0 Å². The lowest BCUT2D eigenvalue weighted by molar-refractivity contribution is 0.0217. The molecule has 0 spiro atoms. The Labute approximate surface area is 151 Å². The quantitative estimate of drug-likeness (QED) is 0.684. The van der Waals surface area contributed by atoms with Gasteiger partial charge in [0.15, 0.2) is 0 Å². The van der Waals surface area contributed by atoms with Crippen molar-refractivity contribution >= 4 is 11.0 Å². The number of hydrogen-bond acceptors (Lipinski definition) is 6. The van der Waals surface area contributed by atoms with Crippen LogP contribution in [0.25, 0.3) is 22.4 Å². The number of aromatic nitrogens is 2. The van der Waals surface area contributed by atoms with Gasteiger partial charge in [-0.2, -0.15) is 10.2 Å². The molecule has 2 atom stereocenters. The highest BCUT2D eigenvalue weighted by atomic mass is 16.5. The smallest absolute Gasteiger partial charge is 0.233 e. The summed E-state index contributed by atoms with van der Waals surface area (Å²) in [7, 11) is 0. The fourth-order valence-corrected chi connectivity index (χ4v) is 3.28. The highest BCUT2D eigenvalue weighted by molar-refractivity contribution is 5.82. The third-order valence-corrected chi connectivity index (χ3v) is 4.50.